The second-order valence-electron chi connectivity index (χ2n) is 5.45. The van der Waals surface area contributed by atoms with E-state index in [9.17, 15) is 4.79 Å². The zero-order valence-electron chi connectivity index (χ0n) is 13.6. The first kappa shape index (κ1) is 17.9. The number of benzene rings is 2. The summed E-state index contributed by atoms with van der Waals surface area (Å²) in [4.78, 5) is 14.4. The van der Waals surface area contributed by atoms with Gasteiger partial charge in [-0.05, 0) is 18.2 Å². The van der Waals surface area contributed by atoms with Crippen LogP contribution in [0.2, 0.25) is 0 Å². The van der Waals surface area contributed by atoms with Crippen molar-refractivity contribution < 1.29 is 9.53 Å². The van der Waals surface area contributed by atoms with E-state index in [0.29, 0.717) is 13.1 Å². The molecule has 3 rings (SSSR count). The average Bonchev–Trinajstić information content (AvgIpc) is 2.60. The molecule has 0 spiro atoms. The lowest BCUT2D eigenvalue weighted by Gasteiger charge is -2.31. The minimum Gasteiger partial charge on any atom is -0.496 e. The van der Waals surface area contributed by atoms with Crippen LogP contribution in [-0.4, -0.2) is 32.7 Å². The van der Waals surface area contributed by atoms with Crippen LogP contribution in [0.5, 0.6) is 5.75 Å². The molecule has 1 aliphatic heterocycles. The third kappa shape index (κ3) is 4.11. The van der Waals surface area contributed by atoms with Crippen molar-refractivity contribution >= 4 is 29.7 Å². The van der Waals surface area contributed by atoms with Crippen molar-refractivity contribution in [1.82, 2.24) is 5.32 Å². The Bertz CT molecular complexity index is 693. The van der Waals surface area contributed by atoms with Crippen molar-refractivity contribution in [3.8, 4) is 5.75 Å². The molecule has 2 N–H and O–H groups in total. The standard InChI is InChI=1S/C18H21N3O2.ClH/c1-23-17-9-5-2-6-14(17)12-20-18(22)13-21-11-10-19-15-7-3-4-8-16(15)21;/h2-9,19H,10-13H2,1H3,(H,20,22);1H. The summed E-state index contributed by atoms with van der Waals surface area (Å²) in [6.45, 7) is 2.49. The summed E-state index contributed by atoms with van der Waals surface area (Å²) in [5.41, 5.74) is 3.13. The van der Waals surface area contributed by atoms with Gasteiger partial charge in [0.15, 0.2) is 0 Å². The third-order valence-electron chi connectivity index (χ3n) is 3.94. The van der Waals surface area contributed by atoms with E-state index in [4.69, 9.17) is 4.74 Å². The molecule has 0 fully saturated rings. The van der Waals surface area contributed by atoms with Gasteiger partial charge in [0.1, 0.15) is 5.75 Å². The van der Waals surface area contributed by atoms with Gasteiger partial charge in [-0.2, -0.15) is 0 Å². The van der Waals surface area contributed by atoms with Crippen LogP contribution in [0, 0.1) is 0 Å². The Kier molecular flexibility index (Phi) is 6.32. The van der Waals surface area contributed by atoms with Gasteiger partial charge in [0, 0.05) is 25.2 Å². The molecule has 5 nitrogen and oxygen atoms in total. The van der Waals surface area contributed by atoms with Gasteiger partial charge in [-0.25, -0.2) is 0 Å². The maximum Gasteiger partial charge on any atom is 0.239 e. The van der Waals surface area contributed by atoms with E-state index >= 15 is 0 Å². The maximum absolute atomic E-state index is 12.3. The Morgan fingerprint density at radius 2 is 1.96 bits per heavy atom. The lowest BCUT2D eigenvalue weighted by molar-refractivity contribution is -0.119. The number of para-hydroxylation sites is 3. The fourth-order valence-corrected chi connectivity index (χ4v) is 2.78. The number of anilines is 2. The van der Waals surface area contributed by atoms with Crippen molar-refractivity contribution in [3.05, 3.63) is 54.1 Å². The van der Waals surface area contributed by atoms with Gasteiger partial charge in [0.05, 0.1) is 25.0 Å². The number of nitrogens with one attached hydrogen (secondary N) is 2. The number of ether oxygens (including phenoxy) is 1. The van der Waals surface area contributed by atoms with Crippen molar-refractivity contribution in [1.29, 1.82) is 0 Å². The van der Waals surface area contributed by atoms with Crippen molar-refractivity contribution in [2.45, 2.75) is 6.54 Å². The van der Waals surface area contributed by atoms with Crippen LogP contribution in [0.1, 0.15) is 5.56 Å². The molecular weight excluding hydrogens is 326 g/mol. The normalized spacial score (nSPS) is 12.5. The van der Waals surface area contributed by atoms with Gasteiger partial charge in [-0.3, -0.25) is 4.79 Å². The fraction of sp³-hybridized carbons (Fsp3) is 0.278. The zero-order valence-corrected chi connectivity index (χ0v) is 14.4. The molecule has 128 valence electrons. The van der Waals surface area contributed by atoms with Crippen LogP contribution in [-0.2, 0) is 11.3 Å². The number of amides is 1. The largest absolute Gasteiger partial charge is 0.496 e. The highest BCUT2D eigenvalue weighted by Gasteiger charge is 2.18. The number of nitrogens with zero attached hydrogens (tertiary/aromatic N) is 1. The summed E-state index contributed by atoms with van der Waals surface area (Å²) in [6.07, 6.45) is 0. The van der Waals surface area contributed by atoms with Gasteiger partial charge >= 0.3 is 0 Å². The molecule has 6 heteroatoms. The van der Waals surface area contributed by atoms with Crippen LogP contribution >= 0.6 is 12.4 Å². The molecule has 0 saturated carbocycles. The van der Waals surface area contributed by atoms with Gasteiger partial charge in [0.2, 0.25) is 5.91 Å². The molecular formula is C18H22ClN3O2. The summed E-state index contributed by atoms with van der Waals surface area (Å²) < 4.78 is 5.30. The molecule has 1 heterocycles. The van der Waals surface area contributed by atoms with E-state index in [-0.39, 0.29) is 18.3 Å². The Morgan fingerprint density at radius 3 is 2.79 bits per heavy atom. The van der Waals surface area contributed by atoms with Crippen LogP contribution < -0.4 is 20.3 Å². The number of halogens is 1. The lowest BCUT2D eigenvalue weighted by Crippen LogP contribution is -2.41. The van der Waals surface area contributed by atoms with E-state index in [1.807, 2.05) is 48.5 Å². The Labute approximate surface area is 148 Å². The molecule has 2 aromatic carbocycles. The highest BCUT2D eigenvalue weighted by atomic mass is 35.5. The first-order valence-corrected chi connectivity index (χ1v) is 7.74. The molecule has 0 aromatic heterocycles. The second kappa shape index (κ2) is 8.45. The van der Waals surface area contributed by atoms with Crippen molar-refractivity contribution in [2.75, 3.05) is 37.0 Å². The quantitative estimate of drug-likeness (QED) is 0.873. The summed E-state index contributed by atoms with van der Waals surface area (Å²) in [5, 5.41) is 6.32. The Hall–Kier alpha value is -2.40. The molecule has 24 heavy (non-hydrogen) atoms. The number of rotatable bonds is 5. The summed E-state index contributed by atoms with van der Waals surface area (Å²) in [7, 11) is 1.64. The van der Waals surface area contributed by atoms with E-state index in [2.05, 4.69) is 15.5 Å². The van der Waals surface area contributed by atoms with Gasteiger partial charge in [0.25, 0.3) is 0 Å². The predicted molar refractivity (Wildman–Crippen MR) is 99.2 cm³/mol. The first-order valence-electron chi connectivity index (χ1n) is 7.74. The van der Waals surface area contributed by atoms with Gasteiger partial charge in [-0.1, -0.05) is 30.3 Å². The lowest BCUT2D eigenvalue weighted by atomic mass is 10.2. The van der Waals surface area contributed by atoms with E-state index in [1.165, 1.54) is 0 Å². The van der Waals surface area contributed by atoms with Crippen LogP contribution in [0.15, 0.2) is 48.5 Å². The summed E-state index contributed by atoms with van der Waals surface area (Å²) in [5.74, 6) is 0.799. The monoisotopic (exact) mass is 347 g/mol. The number of methoxy groups -OCH3 is 1. The molecule has 0 aliphatic carbocycles. The molecule has 0 radical (unpaired) electrons. The summed E-state index contributed by atoms with van der Waals surface area (Å²) in [6, 6.07) is 15.8. The van der Waals surface area contributed by atoms with Gasteiger partial charge < -0.3 is 20.3 Å². The Balaban J connectivity index is 0.00000208. The molecule has 0 unspecified atom stereocenters. The predicted octanol–water partition coefficient (Wildman–Crippen LogP) is 2.67. The zero-order chi connectivity index (χ0) is 16.1. The third-order valence-corrected chi connectivity index (χ3v) is 3.94. The number of carbonyl (C=O) groups is 1. The highest BCUT2D eigenvalue weighted by Crippen LogP contribution is 2.27. The van der Waals surface area contributed by atoms with E-state index in [1.54, 1.807) is 7.11 Å². The number of hydrogen-bond donors (Lipinski definition) is 2. The first-order chi connectivity index (χ1) is 11.3. The topological polar surface area (TPSA) is 53.6 Å². The van der Waals surface area contributed by atoms with Crippen molar-refractivity contribution in [2.24, 2.45) is 0 Å². The molecule has 2 aromatic rings. The smallest absolute Gasteiger partial charge is 0.239 e. The van der Waals surface area contributed by atoms with Gasteiger partial charge in [-0.15, -0.1) is 12.4 Å². The van der Waals surface area contributed by atoms with E-state index < -0.39 is 0 Å². The van der Waals surface area contributed by atoms with Crippen LogP contribution in [0.25, 0.3) is 0 Å². The number of fused-ring (bicyclic) bond motifs is 1. The summed E-state index contributed by atoms with van der Waals surface area (Å²) >= 11 is 0. The Morgan fingerprint density at radius 1 is 1.21 bits per heavy atom. The average molecular weight is 348 g/mol. The minimum absolute atomic E-state index is 0. The molecule has 1 aliphatic rings. The van der Waals surface area contributed by atoms with Crippen LogP contribution in [0.3, 0.4) is 0 Å². The number of hydrogen-bond acceptors (Lipinski definition) is 4. The van der Waals surface area contributed by atoms with Crippen LogP contribution in [0.4, 0.5) is 11.4 Å². The number of carbonyl (C=O) groups excluding carboxylic acids is 1. The fourth-order valence-electron chi connectivity index (χ4n) is 2.78. The molecule has 0 saturated heterocycles. The van der Waals surface area contributed by atoms with Crippen molar-refractivity contribution in [3.63, 3.8) is 0 Å². The van der Waals surface area contributed by atoms with E-state index in [0.717, 1.165) is 35.8 Å². The molecule has 0 atom stereocenters. The highest BCUT2D eigenvalue weighted by molar-refractivity contribution is 5.85. The molecule has 1 amide bonds. The minimum atomic E-state index is 0. The maximum atomic E-state index is 12.3. The second-order valence-corrected chi connectivity index (χ2v) is 5.45. The SMILES string of the molecule is COc1ccccc1CNC(=O)CN1CCNc2ccccc21.Cl. The molecule has 0 bridgehead atoms.